The summed E-state index contributed by atoms with van der Waals surface area (Å²) in [5, 5.41) is 23.5. The highest BCUT2D eigenvalue weighted by Gasteiger charge is 2.84. The summed E-state index contributed by atoms with van der Waals surface area (Å²) in [7, 11) is 3.88. The van der Waals surface area contributed by atoms with Gasteiger partial charge in [0.25, 0.3) is 0 Å². The number of aliphatic hydroxyl groups excluding tert-OH is 1. The van der Waals surface area contributed by atoms with E-state index in [1.54, 1.807) is 7.11 Å². The first-order chi connectivity index (χ1) is 22.0. The number of methoxy groups -OCH3 is 1. The summed E-state index contributed by atoms with van der Waals surface area (Å²) in [6.45, 7) is 21.0. The van der Waals surface area contributed by atoms with E-state index in [1.165, 1.54) is 38.5 Å². The fraction of sp³-hybridized carbons (Fsp3) is 1.00. The molecule has 8 aliphatic rings. The molecule has 3 heterocycles. The summed E-state index contributed by atoms with van der Waals surface area (Å²) in [4.78, 5) is 5.00. The third-order valence-electron chi connectivity index (χ3n) is 17.0. The lowest BCUT2D eigenvalue weighted by atomic mass is 9.41. The Balaban J connectivity index is 1.02. The Bertz CT molecular complexity index is 1220. The molecule has 3 unspecified atom stereocenters. The zero-order chi connectivity index (χ0) is 33.5. The third kappa shape index (κ3) is 4.47. The maximum absolute atomic E-state index is 12.6. The molecule has 0 amide bonds. The molecule has 3 aliphatic heterocycles. The fourth-order valence-electron chi connectivity index (χ4n) is 14.8. The number of aliphatic hydroxyl groups is 2. The first kappa shape index (κ1) is 33.8. The van der Waals surface area contributed by atoms with Crippen molar-refractivity contribution in [2.24, 2.45) is 50.7 Å². The van der Waals surface area contributed by atoms with E-state index < -0.39 is 17.8 Å². The molecule has 8 fully saturated rings. The van der Waals surface area contributed by atoms with Crippen LogP contribution in [-0.4, -0.2) is 115 Å². The molecule has 8 heteroatoms. The Labute approximate surface area is 284 Å². The smallest absolute Gasteiger partial charge is 0.170 e. The lowest BCUT2D eigenvalue weighted by Crippen LogP contribution is -2.62. The van der Waals surface area contributed by atoms with Crippen LogP contribution in [-0.2, 0) is 18.9 Å². The number of morpholine rings is 1. The highest BCUT2D eigenvalue weighted by molar-refractivity contribution is 5.33. The second-order valence-electron chi connectivity index (χ2n) is 19.7. The molecule has 0 bridgehead atoms. The number of likely N-dealkylation sites (tertiary alicyclic amines) is 1. The highest BCUT2D eigenvalue weighted by atomic mass is 16.7. The Hall–Kier alpha value is -0.320. The lowest BCUT2D eigenvalue weighted by molar-refractivity contribution is -0.253. The van der Waals surface area contributed by atoms with E-state index in [0.717, 1.165) is 45.6 Å². The molecule has 0 aromatic rings. The van der Waals surface area contributed by atoms with E-state index >= 15 is 0 Å². The van der Waals surface area contributed by atoms with Crippen LogP contribution in [0.3, 0.4) is 0 Å². The predicted octanol–water partition coefficient (Wildman–Crippen LogP) is 4.94. The second-order valence-corrected chi connectivity index (χ2v) is 19.7. The molecule has 0 aromatic carbocycles. The minimum atomic E-state index is -1.01. The van der Waals surface area contributed by atoms with Gasteiger partial charge in [-0.3, -0.25) is 4.90 Å². The fourth-order valence-corrected chi connectivity index (χ4v) is 14.8. The van der Waals surface area contributed by atoms with Crippen LogP contribution in [0.1, 0.15) is 99.8 Å². The minimum absolute atomic E-state index is 0.0283. The molecule has 5 saturated carbocycles. The van der Waals surface area contributed by atoms with Crippen LogP contribution in [0.15, 0.2) is 0 Å². The third-order valence-corrected chi connectivity index (χ3v) is 17.0. The number of likely N-dealkylation sites (N-methyl/N-ethyl adjacent to an activating group) is 1. The first-order valence-corrected chi connectivity index (χ1v) is 19.3. The summed E-state index contributed by atoms with van der Waals surface area (Å²) < 4.78 is 26.0. The van der Waals surface area contributed by atoms with Gasteiger partial charge in [-0.25, -0.2) is 0 Å². The van der Waals surface area contributed by atoms with Gasteiger partial charge in [-0.15, -0.1) is 0 Å². The molecule has 8 nitrogen and oxygen atoms in total. The van der Waals surface area contributed by atoms with Crippen molar-refractivity contribution >= 4 is 0 Å². The van der Waals surface area contributed by atoms with E-state index in [-0.39, 0.29) is 40.8 Å². The summed E-state index contributed by atoms with van der Waals surface area (Å²) in [5.74, 6) is 1.87. The number of rotatable bonds is 6. The van der Waals surface area contributed by atoms with Crippen LogP contribution in [0.2, 0.25) is 0 Å². The summed E-state index contributed by atoms with van der Waals surface area (Å²) in [6, 6.07) is 0.648. The molecule has 14 atom stereocenters. The molecule has 8 rings (SSSR count). The normalized spacial score (nSPS) is 53.6. The van der Waals surface area contributed by atoms with Crippen molar-refractivity contribution in [3.8, 4) is 0 Å². The monoisotopic (exact) mass is 658 g/mol. The van der Waals surface area contributed by atoms with Crippen LogP contribution in [0.4, 0.5) is 0 Å². The average molecular weight is 659 g/mol. The molecule has 0 aromatic heterocycles. The molecule has 268 valence electrons. The zero-order valence-electron chi connectivity index (χ0n) is 31.0. The maximum atomic E-state index is 12.6. The number of hydrogen-bond acceptors (Lipinski definition) is 8. The minimum Gasteiger partial charge on any atom is -0.390 e. The van der Waals surface area contributed by atoms with E-state index in [9.17, 15) is 10.2 Å². The van der Waals surface area contributed by atoms with Gasteiger partial charge in [0, 0.05) is 44.7 Å². The van der Waals surface area contributed by atoms with E-state index in [1.807, 2.05) is 13.8 Å². The molecule has 2 N–H and O–H groups in total. The number of hydrogen-bond donors (Lipinski definition) is 2. The summed E-state index contributed by atoms with van der Waals surface area (Å²) >= 11 is 0. The molecule has 5 aliphatic carbocycles. The van der Waals surface area contributed by atoms with Crippen molar-refractivity contribution in [2.45, 2.75) is 148 Å². The van der Waals surface area contributed by atoms with E-state index in [2.05, 4.69) is 51.5 Å². The topological polar surface area (TPSA) is 83.9 Å². The number of fused-ring (bicyclic) bond motifs is 4. The predicted molar refractivity (Wildman–Crippen MR) is 181 cm³/mol. The Morgan fingerprint density at radius 1 is 0.957 bits per heavy atom. The van der Waals surface area contributed by atoms with Gasteiger partial charge in [0.2, 0.25) is 0 Å². The van der Waals surface area contributed by atoms with Crippen molar-refractivity contribution in [3.05, 3.63) is 0 Å². The van der Waals surface area contributed by atoms with Crippen molar-refractivity contribution in [1.82, 2.24) is 9.80 Å². The summed E-state index contributed by atoms with van der Waals surface area (Å²) in [6.07, 6.45) is 8.17. The second kappa shape index (κ2) is 10.8. The molecule has 3 saturated heterocycles. The average Bonchev–Trinajstić information content (AvgIpc) is 3.61. The van der Waals surface area contributed by atoms with Crippen LogP contribution in [0.25, 0.3) is 0 Å². The van der Waals surface area contributed by atoms with Gasteiger partial charge in [-0.05, 0) is 118 Å². The van der Waals surface area contributed by atoms with E-state index in [4.69, 9.17) is 18.9 Å². The number of nitrogens with zero attached hydrogens (tertiary/aromatic N) is 2. The van der Waals surface area contributed by atoms with E-state index in [0.29, 0.717) is 40.5 Å². The molecule has 2 spiro atoms. The van der Waals surface area contributed by atoms with Crippen LogP contribution in [0.5, 0.6) is 0 Å². The Morgan fingerprint density at radius 2 is 1.66 bits per heavy atom. The van der Waals surface area contributed by atoms with Crippen molar-refractivity contribution in [1.29, 1.82) is 0 Å². The molecule has 0 radical (unpaired) electrons. The van der Waals surface area contributed by atoms with Gasteiger partial charge >= 0.3 is 0 Å². The van der Waals surface area contributed by atoms with Gasteiger partial charge in [-0.1, -0.05) is 34.6 Å². The molecule has 47 heavy (non-hydrogen) atoms. The van der Waals surface area contributed by atoms with Crippen molar-refractivity contribution in [2.75, 3.05) is 46.9 Å². The molecular formula is C39H66N2O6. The van der Waals surface area contributed by atoms with Crippen LogP contribution >= 0.6 is 0 Å². The maximum Gasteiger partial charge on any atom is 0.170 e. The highest BCUT2D eigenvalue weighted by Crippen LogP contribution is 2.89. The first-order valence-electron chi connectivity index (χ1n) is 19.3. The van der Waals surface area contributed by atoms with Crippen molar-refractivity contribution < 1.29 is 29.2 Å². The zero-order valence-corrected chi connectivity index (χ0v) is 31.0. The largest absolute Gasteiger partial charge is 0.390 e. The van der Waals surface area contributed by atoms with Gasteiger partial charge in [-0.2, -0.15) is 0 Å². The number of ether oxygens (including phenoxy) is 4. The Kier molecular flexibility index (Phi) is 7.80. The molecular weight excluding hydrogens is 592 g/mol. The quantitative estimate of drug-likeness (QED) is 0.416. The van der Waals surface area contributed by atoms with Crippen molar-refractivity contribution in [3.63, 3.8) is 0 Å². The van der Waals surface area contributed by atoms with Gasteiger partial charge < -0.3 is 34.1 Å². The Morgan fingerprint density at radius 3 is 2.34 bits per heavy atom. The van der Waals surface area contributed by atoms with Crippen LogP contribution in [0, 0.1) is 50.7 Å². The van der Waals surface area contributed by atoms with Crippen LogP contribution < -0.4 is 0 Å². The SMILES string of the molecule is CO[C@@H]([C@H]1C[C@@H](C)[C@H]2[C@H](O1)[C@H](O)[C@@]1(C)[C@@H]3CC[C@H]4C(C)(C)[C@@H](OC5CN(C6CN(C)C6)CCO5)CCC45CC35CC[C@]21C)C(C)(C)O. The van der Waals surface area contributed by atoms with Gasteiger partial charge in [0.15, 0.2) is 6.29 Å². The van der Waals surface area contributed by atoms with Gasteiger partial charge in [0.05, 0.1) is 36.6 Å². The van der Waals surface area contributed by atoms with Gasteiger partial charge in [0.1, 0.15) is 6.10 Å². The summed E-state index contributed by atoms with van der Waals surface area (Å²) in [5.41, 5.74) is -0.396. The standard InChI is InChI=1S/C39H66N2O6/c1-23-18-25(33(44-9)35(4,5)43)46-31-30(23)36(6)14-15-39-22-38(39)13-12-28(47-29-21-41(16-17-45-29)24-19-40(8)20-24)34(2,3)26(38)10-11-27(39)37(36,7)32(31)42/h23-33,42-43H,10-22H2,1-9H3/t23-,25-,26+,27+,28+,29?,30+,31+,32+,33+,36-,37-,38?,39?/m1/s1. The lowest BCUT2D eigenvalue weighted by Gasteiger charge is -2.64.